The first-order valence-electron chi connectivity index (χ1n) is 7.65. The largest absolute Gasteiger partial charge is 0.465 e. The van der Waals surface area contributed by atoms with Crippen LogP contribution in [0.2, 0.25) is 0 Å². The van der Waals surface area contributed by atoms with E-state index in [2.05, 4.69) is 5.32 Å². The van der Waals surface area contributed by atoms with Crippen molar-refractivity contribution in [2.24, 2.45) is 0 Å². The summed E-state index contributed by atoms with van der Waals surface area (Å²) in [6.07, 6.45) is 1.84. The van der Waals surface area contributed by atoms with E-state index in [-0.39, 0.29) is 12.5 Å². The summed E-state index contributed by atoms with van der Waals surface area (Å²) in [7, 11) is 1.35. The summed E-state index contributed by atoms with van der Waals surface area (Å²) in [4.78, 5) is 23.8. The van der Waals surface area contributed by atoms with E-state index < -0.39 is 5.97 Å². The number of carbonyl (C=O) groups is 2. The Balaban J connectivity index is 1.72. The molecule has 5 nitrogen and oxygen atoms in total. The summed E-state index contributed by atoms with van der Waals surface area (Å²) >= 11 is 0. The normalized spacial score (nSPS) is 10.5. The quantitative estimate of drug-likeness (QED) is 0.735. The number of methoxy groups -OCH3 is 1. The molecular weight excluding hydrogens is 304 g/mol. The molecule has 0 saturated carbocycles. The van der Waals surface area contributed by atoms with Gasteiger partial charge in [-0.25, -0.2) is 4.79 Å². The highest BCUT2D eigenvalue weighted by Crippen LogP contribution is 2.18. The number of nitrogens with one attached hydrogen (secondary N) is 1. The second-order valence-corrected chi connectivity index (χ2v) is 5.47. The highest BCUT2D eigenvalue weighted by Gasteiger charge is 2.10. The fourth-order valence-corrected chi connectivity index (χ4v) is 2.57. The number of benzene rings is 2. The molecule has 0 atom stereocenters. The Kier molecular flexibility index (Phi) is 4.61. The van der Waals surface area contributed by atoms with E-state index in [1.54, 1.807) is 12.1 Å². The first-order valence-corrected chi connectivity index (χ1v) is 7.65. The monoisotopic (exact) mass is 322 g/mol. The second-order valence-electron chi connectivity index (χ2n) is 5.47. The van der Waals surface area contributed by atoms with Crippen molar-refractivity contribution in [3.8, 4) is 0 Å². The summed E-state index contributed by atoms with van der Waals surface area (Å²) in [5.41, 5.74) is 2.35. The maximum absolute atomic E-state index is 12.2. The fraction of sp³-hybridized carbons (Fsp3) is 0.158. The van der Waals surface area contributed by atoms with Crippen LogP contribution in [0.15, 0.2) is 60.8 Å². The van der Waals surface area contributed by atoms with Crippen molar-refractivity contribution in [2.75, 3.05) is 7.11 Å². The van der Waals surface area contributed by atoms with Crippen molar-refractivity contribution in [1.29, 1.82) is 0 Å². The second kappa shape index (κ2) is 7.00. The van der Waals surface area contributed by atoms with Gasteiger partial charge in [-0.15, -0.1) is 0 Å². The number of hydrogen-bond donors (Lipinski definition) is 1. The van der Waals surface area contributed by atoms with Gasteiger partial charge in [0.25, 0.3) is 0 Å². The lowest BCUT2D eigenvalue weighted by molar-refractivity contribution is -0.121. The lowest BCUT2D eigenvalue weighted by Gasteiger charge is -2.08. The molecule has 1 aromatic heterocycles. The van der Waals surface area contributed by atoms with Crippen LogP contribution in [0.1, 0.15) is 15.9 Å². The van der Waals surface area contributed by atoms with E-state index in [0.717, 1.165) is 16.5 Å². The highest BCUT2D eigenvalue weighted by molar-refractivity contribution is 5.95. The number of esters is 1. The standard InChI is InChI=1S/C19H18N2O3/c1-24-19(23)16-8-7-15-9-10-21(17(15)11-16)13-18(22)20-12-14-5-3-2-4-6-14/h2-11H,12-13H2,1H3,(H,20,22). The van der Waals surface area contributed by atoms with Gasteiger partial charge in [0.15, 0.2) is 0 Å². The minimum atomic E-state index is -0.391. The number of carbonyl (C=O) groups excluding carboxylic acids is 2. The van der Waals surface area contributed by atoms with Gasteiger partial charge in [-0.2, -0.15) is 0 Å². The Hall–Kier alpha value is -3.08. The van der Waals surface area contributed by atoms with Gasteiger partial charge in [0.2, 0.25) is 5.91 Å². The molecule has 0 aliphatic carbocycles. The molecule has 1 heterocycles. The number of ether oxygens (including phenoxy) is 1. The maximum atomic E-state index is 12.2. The minimum Gasteiger partial charge on any atom is -0.465 e. The lowest BCUT2D eigenvalue weighted by atomic mass is 10.1. The zero-order valence-corrected chi connectivity index (χ0v) is 13.4. The van der Waals surface area contributed by atoms with Gasteiger partial charge in [-0.05, 0) is 29.1 Å². The average Bonchev–Trinajstić information content (AvgIpc) is 3.02. The van der Waals surface area contributed by atoms with Crippen LogP contribution in [0.3, 0.4) is 0 Å². The molecule has 0 radical (unpaired) electrons. The molecule has 122 valence electrons. The molecule has 0 unspecified atom stereocenters. The maximum Gasteiger partial charge on any atom is 0.337 e. The van der Waals surface area contributed by atoms with E-state index >= 15 is 0 Å². The predicted molar refractivity (Wildman–Crippen MR) is 91.6 cm³/mol. The lowest BCUT2D eigenvalue weighted by Crippen LogP contribution is -2.26. The SMILES string of the molecule is COC(=O)c1ccc2ccn(CC(=O)NCc3ccccc3)c2c1. The van der Waals surface area contributed by atoms with Crippen LogP contribution in [0.4, 0.5) is 0 Å². The topological polar surface area (TPSA) is 60.3 Å². The van der Waals surface area contributed by atoms with Gasteiger partial charge >= 0.3 is 5.97 Å². The smallest absolute Gasteiger partial charge is 0.337 e. The molecule has 3 rings (SSSR count). The van der Waals surface area contributed by atoms with Gasteiger partial charge in [0.1, 0.15) is 6.54 Å². The van der Waals surface area contributed by atoms with Crippen LogP contribution in [-0.2, 0) is 22.6 Å². The van der Waals surface area contributed by atoms with Crippen molar-refractivity contribution in [1.82, 2.24) is 9.88 Å². The third-order valence-corrected chi connectivity index (χ3v) is 3.84. The van der Waals surface area contributed by atoms with Crippen LogP contribution in [0.5, 0.6) is 0 Å². The van der Waals surface area contributed by atoms with Gasteiger partial charge in [-0.1, -0.05) is 36.4 Å². The fourth-order valence-electron chi connectivity index (χ4n) is 2.57. The van der Waals surface area contributed by atoms with Gasteiger partial charge < -0.3 is 14.6 Å². The predicted octanol–water partition coefficient (Wildman–Crippen LogP) is 2.74. The number of amides is 1. The van der Waals surface area contributed by atoms with Crippen molar-refractivity contribution < 1.29 is 14.3 Å². The highest BCUT2D eigenvalue weighted by atomic mass is 16.5. The van der Waals surface area contributed by atoms with Crippen molar-refractivity contribution in [3.05, 3.63) is 71.9 Å². The summed E-state index contributed by atoms with van der Waals surface area (Å²) in [6, 6.07) is 17.0. The van der Waals surface area contributed by atoms with Crippen LogP contribution in [-0.4, -0.2) is 23.6 Å². The molecule has 0 spiro atoms. The molecule has 24 heavy (non-hydrogen) atoms. The Morgan fingerprint density at radius 1 is 1.08 bits per heavy atom. The Morgan fingerprint density at radius 3 is 2.62 bits per heavy atom. The number of hydrogen-bond acceptors (Lipinski definition) is 3. The Labute approximate surface area is 139 Å². The molecule has 0 aliphatic rings. The summed E-state index contributed by atoms with van der Waals surface area (Å²) in [5, 5.41) is 3.87. The molecule has 1 amide bonds. The minimum absolute atomic E-state index is 0.0835. The van der Waals surface area contributed by atoms with Crippen LogP contribution < -0.4 is 5.32 Å². The first-order chi connectivity index (χ1) is 11.7. The first kappa shape index (κ1) is 15.8. The van der Waals surface area contributed by atoms with Crippen LogP contribution in [0, 0.1) is 0 Å². The summed E-state index contributed by atoms with van der Waals surface area (Å²) in [6.45, 7) is 0.688. The summed E-state index contributed by atoms with van der Waals surface area (Å²) < 4.78 is 6.56. The molecule has 3 aromatic rings. The van der Waals surface area contributed by atoms with Crippen molar-refractivity contribution >= 4 is 22.8 Å². The molecule has 2 aromatic carbocycles. The molecule has 1 N–H and O–H groups in total. The number of fused-ring (bicyclic) bond motifs is 1. The number of nitrogens with zero attached hydrogens (tertiary/aromatic N) is 1. The van der Waals surface area contributed by atoms with Crippen LogP contribution >= 0.6 is 0 Å². The molecule has 0 aliphatic heterocycles. The Bertz CT molecular complexity index is 869. The van der Waals surface area contributed by atoms with E-state index in [9.17, 15) is 9.59 Å². The summed E-state index contributed by atoms with van der Waals surface area (Å²) in [5.74, 6) is -0.474. The van der Waals surface area contributed by atoms with Gasteiger partial charge in [0.05, 0.1) is 12.7 Å². The van der Waals surface area contributed by atoms with Crippen molar-refractivity contribution in [2.45, 2.75) is 13.1 Å². The molecule has 0 saturated heterocycles. The molecular formula is C19H18N2O3. The zero-order valence-electron chi connectivity index (χ0n) is 13.4. The van der Waals surface area contributed by atoms with Gasteiger partial charge in [-0.3, -0.25) is 4.79 Å². The average molecular weight is 322 g/mol. The van der Waals surface area contributed by atoms with Gasteiger partial charge in [0, 0.05) is 18.3 Å². The number of rotatable bonds is 5. The third kappa shape index (κ3) is 3.46. The van der Waals surface area contributed by atoms with E-state index in [0.29, 0.717) is 12.1 Å². The Morgan fingerprint density at radius 2 is 1.88 bits per heavy atom. The van der Waals surface area contributed by atoms with Crippen LogP contribution in [0.25, 0.3) is 10.9 Å². The zero-order chi connectivity index (χ0) is 16.9. The molecule has 0 fully saturated rings. The van der Waals surface area contributed by atoms with E-state index in [4.69, 9.17) is 4.74 Å². The van der Waals surface area contributed by atoms with Crippen molar-refractivity contribution in [3.63, 3.8) is 0 Å². The molecule has 5 heteroatoms. The van der Waals surface area contributed by atoms with E-state index in [1.165, 1.54) is 7.11 Å². The molecule has 0 bridgehead atoms. The van der Waals surface area contributed by atoms with E-state index in [1.807, 2.05) is 53.2 Å². The number of aromatic nitrogens is 1. The third-order valence-electron chi connectivity index (χ3n) is 3.84.